The Hall–Kier alpha value is -2.15. The van der Waals surface area contributed by atoms with Crippen molar-refractivity contribution in [3.63, 3.8) is 0 Å². The Morgan fingerprint density at radius 1 is 1.08 bits per heavy atom. The smallest absolute Gasteiger partial charge is 0.234 e. The standard InChI is InChI=1S/C20H16N2OS3/c23-19(22-18-7-3-5-14-4-1-2-6-17(14)18)13-25-11-16-12-26-20(21-16)15-8-9-24-10-15/h1-10,12H,11,13H2,(H,22,23). The highest BCUT2D eigenvalue weighted by Crippen LogP contribution is 2.27. The van der Waals surface area contributed by atoms with Crippen LogP contribution in [0.25, 0.3) is 21.3 Å². The van der Waals surface area contributed by atoms with Crippen LogP contribution in [0.5, 0.6) is 0 Å². The summed E-state index contributed by atoms with van der Waals surface area (Å²) in [6, 6.07) is 16.1. The van der Waals surface area contributed by atoms with Crippen LogP contribution >= 0.6 is 34.4 Å². The molecule has 4 rings (SSSR count). The van der Waals surface area contributed by atoms with Crippen molar-refractivity contribution >= 4 is 56.8 Å². The number of thiophene rings is 1. The van der Waals surface area contributed by atoms with Crippen LogP contribution < -0.4 is 5.32 Å². The molecule has 6 heteroatoms. The fourth-order valence-electron chi connectivity index (χ4n) is 2.66. The molecule has 130 valence electrons. The van der Waals surface area contributed by atoms with E-state index in [2.05, 4.69) is 32.5 Å². The monoisotopic (exact) mass is 396 g/mol. The summed E-state index contributed by atoms with van der Waals surface area (Å²) in [7, 11) is 0. The number of thiazole rings is 1. The zero-order valence-corrected chi connectivity index (χ0v) is 16.3. The van der Waals surface area contributed by atoms with Gasteiger partial charge in [0.05, 0.1) is 11.4 Å². The van der Waals surface area contributed by atoms with E-state index in [1.165, 1.54) is 5.56 Å². The molecular weight excluding hydrogens is 380 g/mol. The summed E-state index contributed by atoms with van der Waals surface area (Å²) in [6.45, 7) is 0. The number of aromatic nitrogens is 1. The number of rotatable bonds is 6. The van der Waals surface area contributed by atoms with Crippen molar-refractivity contribution in [3.05, 3.63) is 70.4 Å². The summed E-state index contributed by atoms with van der Waals surface area (Å²) >= 11 is 4.91. The Kier molecular flexibility index (Phi) is 5.34. The molecule has 0 atom stereocenters. The average molecular weight is 397 g/mol. The third-order valence-corrected chi connectivity index (χ3v) is 6.46. The van der Waals surface area contributed by atoms with Crippen LogP contribution in [0.4, 0.5) is 5.69 Å². The van der Waals surface area contributed by atoms with E-state index in [1.54, 1.807) is 34.4 Å². The van der Waals surface area contributed by atoms with Crippen LogP contribution in [0.1, 0.15) is 5.69 Å². The topological polar surface area (TPSA) is 42.0 Å². The largest absolute Gasteiger partial charge is 0.325 e. The number of nitrogens with one attached hydrogen (secondary N) is 1. The first-order valence-corrected chi connectivity index (χ1v) is 11.1. The van der Waals surface area contributed by atoms with E-state index >= 15 is 0 Å². The van der Waals surface area contributed by atoms with Crippen LogP contribution in [0.15, 0.2) is 64.7 Å². The van der Waals surface area contributed by atoms with Crippen molar-refractivity contribution in [1.29, 1.82) is 0 Å². The summed E-state index contributed by atoms with van der Waals surface area (Å²) in [5, 5.41) is 12.5. The molecule has 0 saturated carbocycles. The van der Waals surface area contributed by atoms with Crippen LogP contribution in [-0.2, 0) is 10.5 Å². The van der Waals surface area contributed by atoms with Gasteiger partial charge >= 0.3 is 0 Å². The van der Waals surface area contributed by atoms with Crippen LogP contribution in [0, 0.1) is 0 Å². The first-order chi connectivity index (χ1) is 12.8. The number of benzene rings is 2. The van der Waals surface area contributed by atoms with Gasteiger partial charge in [-0.1, -0.05) is 36.4 Å². The summed E-state index contributed by atoms with van der Waals surface area (Å²) in [5.41, 5.74) is 3.06. The number of hydrogen-bond donors (Lipinski definition) is 1. The number of amides is 1. The van der Waals surface area contributed by atoms with Gasteiger partial charge in [0.25, 0.3) is 0 Å². The Labute approximate surface area is 164 Å². The molecule has 0 aliphatic carbocycles. The van der Waals surface area contributed by atoms with Crippen LogP contribution in [0.3, 0.4) is 0 Å². The fourth-order valence-corrected chi connectivity index (χ4v) is 5.02. The Bertz CT molecular complexity index is 1020. The van der Waals surface area contributed by atoms with E-state index in [4.69, 9.17) is 0 Å². The number of hydrogen-bond acceptors (Lipinski definition) is 5. The highest BCUT2D eigenvalue weighted by Gasteiger charge is 2.08. The summed E-state index contributed by atoms with van der Waals surface area (Å²) < 4.78 is 0. The molecule has 0 aliphatic heterocycles. The van der Waals surface area contributed by atoms with Crippen molar-refractivity contribution in [2.45, 2.75) is 5.75 Å². The first-order valence-electron chi connectivity index (χ1n) is 8.12. The second-order valence-corrected chi connectivity index (χ2v) is 8.35. The van der Waals surface area contributed by atoms with Crippen molar-refractivity contribution in [2.24, 2.45) is 0 Å². The number of carbonyl (C=O) groups excluding carboxylic acids is 1. The summed E-state index contributed by atoms with van der Waals surface area (Å²) in [6.07, 6.45) is 0. The zero-order valence-electron chi connectivity index (χ0n) is 13.8. The van der Waals surface area contributed by atoms with E-state index in [0.717, 1.165) is 32.9 Å². The number of thioether (sulfide) groups is 1. The van der Waals surface area contributed by atoms with Crippen molar-refractivity contribution in [1.82, 2.24) is 4.98 Å². The van der Waals surface area contributed by atoms with Gasteiger partial charge in [-0.15, -0.1) is 23.1 Å². The normalized spacial score (nSPS) is 10.9. The molecule has 0 bridgehead atoms. The lowest BCUT2D eigenvalue weighted by Crippen LogP contribution is -2.14. The lowest BCUT2D eigenvalue weighted by molar-refractivity contribution is -0.113. The average Bonchev–Trinajstić information content (AvgIpc) is 3.34. The lowest BCUT2D eigenvalue weighted by atomic mass is 10.1. The zero-order chi connectivity index (χ0) is 17.8. The SMILES string of the molecule is O=C(CSCc1csc(-c2ccsc2)n1)Nc1cccc2ccccc12. The Balaban J connectivity index is 1.33. The molecule has 2 aromatic heterocycles. The molecule has 0 saturated heterocycles. The number of fused-ring (bicyclic) bond motifs is 1. The van der Waals surface area contributed by atoms with E-state index in [1.807, 2.05) is 42.5 Å². The molecule has 4 aromatic rings. The molecule has 2 aromatic carbocycles. The predicted molar refractivity (Wildman–Crippen MR) is 114 cm³/mol. The number of anilines is 1. The van der Waals surface area contributed by atoms with Crippen molar-refractivity contribution < 1.29 is 4.79 Å². The molecule has 0 fully saturated rings. The molecule has 0 radical (unpaired) electrons. The molecule has 0 spiro atoms. The molecule has 1 N–H and O–H groups in total. The molecular formula is C20H16N2OS3. The maximum absolute atomic E-state index is 12.3. The van der Waals surface area contributed by atoms with Gasteiger partial charge in [0.2, 0.25) is 5.91 Å². The lowest BCUT2D eigenvalue weighted by Gasteiger charge is -2.08. The van der Waals surface area contributed by atoms with Crippen molar-refractivity contribution in [3.8, 4) is 10.6 Å². The summed E-state index contributed by atoms with van der Waals surface area (Å²) in [5.74, 6) is 1.16. The van der Waals surface area contributed by atoms with Gasteiger partial charge in [-0.25, -0.2) is 4.98 Å². The van der Waals surface area contributed by atoms with E-state index in [9.17, 15) is 4.79 Å². The highest BCUT2D eigenvalue weighted by atomic mass is 32.2. The second-order valence-electron chi connectivity index (χ2n) is 5.72. The molecule has 0 unspecified atom stereocenters. The van der Waals surface area contributed by atoms with Gasteiger partial charge < -0.3 is 5.32 Å². The minimum absolute atomic E-state index is 0.0136. The van der Waals surface area contributed by atoms with E-state index in [-0.39, 0.29) is 5.91 Å². The molecule has 2 heterocycles. The number of carbonyl (C=O) groups is 1. The van der Waals surface area contributed by atoms with E-state index < -0.39 is 0 Å². The number of nitrogens with zero attached hydrogens (tertiary/aromatic N) is 1. The minimum atomic E-state index is 0.0136. The predicted octanol–water partition coefficient (Wildman–Crippen LogP) is 5.90. The summed E-state index contributed by atoms with van der Waals surface area (Å²) in [4.78, 5) is 16.9. The second kappa shape index (κ2) is 8.03. The maximum atomic E-state index is 12.3. The fraction of sp³-hybridized carbons (Fsp3) is 0.100. The van der Waals surface area contributed by atoms with Gasteiger partial charge in [-0.05, 0) is 22.9 Å². The quantitative estimate of drug-likeness (QED) is 0.441. The van der Waals surface area contributed by atoms with Gasteiger partial charge in [0.15, 0.2) is 0 Å². The highest BCUT2D eigenvalue weighted by molar-refractivity contribution is 7.99. The molecule has 26 heavy (non-hydrogen) atoms. The van der Waals surface area contributed by atoms with Gasteiger partial charge in [0, 0.05) is 33.2 Å². The first kappa shape index (κ1) is 17.3. The molecule has 3 nitrogen and oxygen atoms in total. The molecule has 1 amide bonds. The molecule has 0 aliphatic rings. The van der Waals surface area contributed by atoms with Gasteiger partial charge in [-0.3, -0.25) is 4.79 Å². The maximum Gasteiger partial charge on any atom is 0.234 e. The Morgan fingerprint density at radius 2 is 1.96 bits per heavy atom. The van der Waals surface area contributed by atoms with Crippen LogP contribution in [-0.4, -0.2) is 16.6 Å². The van der Waals surface area contributed by atoms with Gasteiger partial charge in [0.1, 0.15) is 5.01 Å². The third kappa shape index (κ3) is 3.98. The third-order valence-electron chi connectivity index (χ3n) is 3.87. The van der Waals surface area contributed by atoms with Gasteiger partial charge in [-0.2, -0.15) is 11.3 Å². The van der Waals surface area contributed by atoms with E-state index in [0.29, 0.717) is 5.75 Å². The minimum Gasteiger partial charge on any atom is -0.325 e. The van der Waals surface area contributed by atoms with Crippen LogP contribution in [0.2, 0.25) is 0 Å². The van der Waals surface area contributed by atoms with Crippen molar-refractivity contribution in [2.75, 3.05) is 11.1 Å². The Morgan fingerprint density at radius 3 is 2.85 bits per heavy atom.